The third-order valence-electron chi connectivity index (χ3n) is 6.25. The lowest BCUT2D eigenvalue weighted by Crippen LogP contribution is -2.32. The first-order valence-electron chi connectivity index (χ1n) is 14.6. The minimum atomic E-state index is -2.94. The van der Waals surface area contributed by atoms with Crippen LogP contribution in [0.5, 0.6) is 0 Å². The highest BCUT2D eigenvalue weighted by molar-refractivity contribution is 7.94. The Morgan fingerprint density at radius 2 is 1.18 bits per heavy atom. The number of imide groups is 1. The molecule has 2 N–H and O–H groups in total. The molecule has 0 bridgehead atoms. The van der Waals surface area contributed by atoms with Crippen molar-refractivity contribution in [3.05, 3.63) is 0 Å². The molecule has 0 radical (unpaired) electrons. The summed E-state index contributed by atoms with van der Waals surface area (Å²) in [5.74, 6) is 12.0. The van der Waals surface area contributed by atoms with Gasteiger partial charge >= 0.3 is 12.1 Å². The number of amides is 5. The van der Waals surface area contributed by atoms with E-state index in [1.165, 1.54) is 0 Å². The molecule has 0 aromatic rings. The molecule has 1 fully saturated rings. The van der Waals surface area contributed by atoms with E-state index in [0.717, 1.165) is 0 Å². The highest BCUT2D eigenvalue weighted by Gasteiger charge is 2.36. The summed E-state index contributed by atoms with van der Waals surface area (Å²) in [5, 5.41) is 11.5. The minimum Gasteiger partial charge on any atom is -0.394 e. The highest BCUT2D eigenvalue weighted by atomic mass is 32.2. The number of hydrogen-bond acceptors (Lipinski definition) is 9. The molecule has 15 heteroatoms. The van der Waals surface area contributed by atoms with Gasteiger partial charge in [-0.25, -0.2) is 18.0 Å². The number of nitrogens with zero attached hydrogens (tertiary/aromatic N) is 3. The molecule has 0 aliphatic carbocycles. The average Bonchev–Trinajstić information content (AvgIpc) is 3.07. The Morgan fingerprint density at radius 1 is 0.778 bits per heavy atom. The Kier molecular flexibility index (Phi) is 12.4. The van der Waals surface area contributed by atoms with Gasteiger partial charge in [0.2, 0.25) is 0 Å². The second-order valence-electron chi connectivity index (χ2n) is 13.8. The van der Waals surface area contributed by atoms with Gasteiger partial charge in [0.05, 0.1) is 39.3 Å². The number of nitrogens with one attached hydrogen (secondary N) is 1. The first-order chi connectivity index (χ1) is 20.5. The first kappa shape index (κ1) is 38.2. The lowest BCUT2D eigenvalue weighted by Gasteiger charge is -2.21. The first-order valence-corrected chi connectivity index (χ1v) is 18.3. The van der Waals surface area contributed by atoms with Crippen LogP contribution in [-0.2, 0) is 38.6 Å². The molecule has 0 spiro atoms. The van der Waals surface area contributed by atoms with E-state index in [-0.39, 0.29) is 62.2 Å². The van der Waals surface area contributed by atoms with Crippen LogP contribution in [0.2, 0.25) is 0 Å². The van der Waals surface area contributed by atoms with E-state index in [1.54, 1.807) is 0 Å². The zero-order valence-corrected chi connectivity index (χ0v) is 29.1. The van der Waals surface area contributed by atoms with Gasteiger partial charge in [0.15, 0.2) is 0 Å². The lowest BCUT2D eigenvalue weighted by atomic mass is 9.92. The number of urea groups is 1. The molecule has 0 atom stereocenters. The Morgan fingerprint density at radius 3 is 1.58 bits per heavy atom. The molecule has 0 saturated carbocycles. The van der Waals surface area contributed by atoms with E-state index in [2.05, 4.69) is 42.6 Å². The van der Waals surface area contributed by atoms with Crippen molar-refractivity contribution < 1.29 is 42.3 Å². The van der Waals surface area contributed by atoms with Crippen molar-refractivity contribution in [3.8, 4) is 23.7 Å². The number of rotatable bonds is 6. The summed E-state index contributed by atoms with van der Waals surface area (Å²) in [7, 11) is -5.62. The summed E-state index contributed by atoms with van der Waals surface area (Å²) in [5.41, 5.74) is -1.99. The number of carbonyl (C=O) groups is 4. The summed E-state index contributed by atoms with van der Waals surface area (Å²) in [4.78, 5) is 51.4. The van der Waals surface area contributed by atoms with Gasteiger partial charge in [0.1, 0.15) is 0 Å². The number of aliphatic hydroxyl groups is 1. The maximum absolute atomic E-state index is 13.1. The maximum Gasteiger partial charge on any atom is 0.466 e. The van der Waals surface area contributed by atoms with Crippen LogP contribution >= 0.6 is 0 Å². The number of hydrogen-bond donors (Lipinski definition) is 2. The number of hydroxylamine groups is 2. The van der Waals surface area contributed by atoms with Crippen molar-refractivity contribution in [2.75, 3.05) is 49.4 Å². The van der Waals surface area contributed by atoms with Gasteiger partial charge in [-0.1, -0.05) is 23.7 Å². The van der Waals surface area contributed by atoms with Crippen LogP contribution in [0.25, 0.3) is 0 Å². The van der Waals surface area contributed by atoms with Crippen LogP contribution < -0.4 is 5.32 Å². The van der Waals surface area contributed by atoms with Crippen LogP contribution in [-0.4, -0.2) is 91.9 Å². The number of ether oxygens (including phenoxy) is 1. The van der Waals surface area contributed by atoms with Gasteiger partial charge in [0, 0.05) is 64.1 Å². The molecule has 13 nitrogen and oxygen atoms in total. The molecule has 0 aromatic heterocycles. The van der Waals surface area contributed by atoms with E-state index < -0.39 is 65.1 Å². The van der Waals surface area contributed by atoms with Gasteiger partial charge in [-0.05, 0) is 55.4 Å². The lowest BCUT2D eigenvalue weighted by molar-refractivity contribution is -0.170. The van der Waals surface area contributed by atoms with Gasteiger partial charge in [0.25, 0.3) is 11.8 Å². The van der Waals surface area contributed by atoms with Crippen molar-refractivity contribution in [2.45, 2.75) is 68.2 Å². The molecular weight excluding hydrogens is 624 g/mol. The fourth-order valence-electron chi connectivity index (χ4n) is 4.78. The van der Waals surface area contributed by atoms with Crippen LogP contribution in [0.15, 0.2) is 8.73 Å². The maximum atomic E-state index is 13.1. The van der Waals surface area contributed by atoms with Gasteiger partial charge < -0.3 is 20.0 Å². The van der Waals surface area contributed by atoms with E-state index in [9.17, 15) is 27.6 Å². The van der Waals surface area contributed by atoms with E-state index in [4.69, 9.17) is 9.84 Å². The standard InChI is InChI=1S/C15H20N2O5S.C15H26N2O4S/c1-14(2)7-8-15(3,4)10-23(21,9-14)16-13(20)22-17-11(18)5-6-12(17)19;1-14(2)5-6-15(3,4)12-22(20,11-14)17-13(19)16-7-9-21-10-8-18/h5-6,9-10H2,1-4H3;18H,7-12H2,1-4H3,(H,16,19). The molecule has 3 rings (SSSR count). The Balaban J connectivity index is 0.000000314. The molecule has 45 heavy (non-hydrogen) atoms. The Hall–Kier alpha value is -2.98. The molecule has 3 heterocycles. The summed E-state index contributed by atoms with van der Waals surface area (Å²) in [6, 6.07) is -0.592. The largest absolute Gasteiger partial charge is 0.466 e. The summed E-state index contributed by atoms with van der Waals surface area (Å²) >= 11 is 0. The smallest absolute Gasteiger partial charge is 0.394 e. The Labute approximate surface area is 267 Å². The predicted octanol–water partition coefficient (Wildman–Crippen LogP) is 2.97. The third kappa shape index (κ3) is 13.1. The van der Waals surface area contributed by atoms with Crippen LogP contribution in [0.3, 0.4) is 0 Å². The van der Waals surface area contributed by atoms with Crippen LogP contribution in [0, 0.1) is 45.3 Å². The third-order valence-corrected chi connectivity index (χ3v) is 11.9. The van der Waals surface area contributed by atoms with Crippen molar-refractivity contribution in [2.24, 2.45) is 30.4 Å². The molecule has 0 aromatic carbocycles. The highest BCUT2D eigenvalue weighted by Crippen LogP contribution is 2.30. The molecule has 252 valence electrons. The SMILES string of the molecule is CC1(C)C#CC(C)(C)CS(=O)(=NC(=O)NCCOCCO)C1.CC1(C)C#CC(C)(C)CS(=O)(=NC(=O)ON2C(=O)CCC2=O)C1. The fraction of sp³-hybridized carbons (Fsp3) is 0.733. The van der Waals surface area contributed by atoms with Gasteiger partial charge in [-0.15, -0.1) is 13.8 Å². The zero-order chi connectivity index (χ0) is 34.3. The average molecular weight is 671 g/mol. The second kappa shape index (κ2) is 14.6. The minimum absolute atomic E-state index is 0.00457. The normalized spacial score (nSPS) is 22.8. The van der Waals surface area contributed by atoms with Crippen molar-refractivity contribution in [1.29, 1.82) is 0 Å². The fourth-order valence-corrected chi connectivity index (χ4v) is 10.7. The monoisotopic (exact) mass is 670 g/mol. The van der Waals surface area contributed by atoms with Crippen LogP contribution in [0.4, 0.5) is 9.59 Å². The quantitative estimate of drug-likeness (QED) is 0.244. The Bertz CT molecular complexity index is 1480. The molecule has 1 saturated heterocycles. The van der Waals surface area contributed by atoms with Crippen LogP contribution in [0.1, 0.15) is 68.2 Å². The number of aliphatic hydroxyl groups excluding tert-OH is 1. The molecule has 3 aliphatic rings. The predicted molar refractivity (Wildman–Crippen MR) is 170 cm³/mol. The van der Waals surface area contributed by atoms with E-state index >= 15 is 0 Å². The van der Waals surface area contributed by atoms with Crippen molar-refractivity contribution >= 4 is 43.4 Å². The molecule has 0 unspecified atom stereocenters. The van der Waals surface area contributed by atoms with E-state index in [1.807, 2.05) is 55.4 Å². The van der Waals surface area contributed by atoms with E-state index in [0.29, 0.717) is 5.06 Å². The second-order valence-corrected chi connectivity index (χ2v) is 18.5. The molecular formula is C30H46N4O9S2. The summed E-state index contributed by atoms with van der Waals surface area (Å²) < 4.78 is 38.8. The van der Waals surface area contributed by atoms with Crippen molar-refractivity contribution in [1.82, 2.24) is 10.4 Å². The topological polar surface area (TPSA) is 181 Å². The molecule has 3 aliphatic heterocycles. The molecule has 5 amide bonds. The van der Waals surface area contributed by atoms with Gasteiger partial charge in [-0.2, -0.15) is 0 Å². The van der Waals surface area contributed by atoms with Gasteiger partial charge in [-0.3, -0.25) is 9.59 Å². The zero-order valence-electron chi connectivity index (χ0n) is 27.4. The summed E-state index contributed by atoms with van der Waals surface area (Å²) in [6.45, 7) is 15.7. The van der Waals surface area contributed by atoms with Crippen molar-refractivity contribution in [3.63, 3.8) is 0 Å². The summed E-state index contributed by atoms with van der Waals surface area (Å²) in [6.07, 6.45) is -1.20. The number of carbonyl (C=O) groups excluding carboxylic acids is 4.